The molecule has 0 saturated carbocycles. The van der Waals surface area contributed by atoms with Crippen LogP contribution in [0, 0.1) is 10.1 Å². The van der Waals surface area contributed by atoms with Crippen LogP contribution in [0.4, 0.5) is 5.95 Å². The van der Waals surface area contributed by atoms with Gasteiger partial charge in [-0.1, -0.05) is 4.98 Å². The number of aromatic amines is 1. The van der Waals surface area contributed by atoms with Gasteiger partial charge in [-0.05, 0) is 11.8 Å². The Morgan fingerprint density at radius 1 is 1.79 bits per heavy atom. The Hall–Kier alpha value is -1.92. The molecule has 1 aromatic heterocycles. The van der Waals surface area contributed by atoms with Crippen molar-refractivity contribution in [1.29, 1.82) is 0 Å². The molecule has 0 aliphatic carbocycles. The van der Waals surface area contributed by atoms with Crippen LogP contribution in [-0.2, 0) is 16.0 Å². The number of hydrogen-bond acceptors (Lipinski definition) is 5. The second kappa shape index (κ2) is 4.35. The van der Waals surface area contributed by atoms with Gasteiger partial charge in [0.25, 0.3) is 0 Å². The fraction of sp³-hybridized carbons (Fsp3) is 0.429. The van der Waals surface area contributed by atoms with Crippen molar-refractivity contribution in [3.05, 3.63) is 22.0 Å². The second-order valence-electron chi connectivity index (χ2n) is 2.45. The van der Waals surface area contributed by atoms with E-state index in [2.05, 4.69) is 14.7 Å². The number of nitro groups is 1. The molecule has 0 unspecified atom stereocenters. The van der Waals surface area contributed by atoms with E-state index < -0.39 is 10.9 Å². The minimum absolute atomic E-state index is 0.0574. The summed E-state index contributed by atoms with van der Waals surface area (Å²) in [4.78, 5) is 26.4. The number of imidazole rings is 1. The standard InChI is InChI=1S/C7H9N3O4/c1-2-14-6(11)3-5-4-8-7(9-5)10(12)13/h4H,2-3H2,1H3,(H,8,9). The molecule has 0 aliphatic heterocycles. The van der Waals surface area contributed by atoms with Gasteiger partial charge in [0.05, 0.1) is 6.61 Å². The van der Waals surface area contributed by atoms with E-state index in [1.807, 2.05) is 0 Å². The van der Waals surface area contributed by atoms with Crippen molar-refractivity contribution in [2.45, 2.75) is 13.3 Å². The van der Waals surface area contributed by atoms with Crippen molar-refractivity contribution < 1.29 is 14.5 Å². The first kappa shape index (κ1) is 10.2. The molecule has 0 amide bonds. The number of esters is 1. The molecule has 0 aliphatic rings. The van der Waals surface area contributed by atoms with E-state index in [9.17, 15) is 14.9 Å². The zero-order chi connectivity index (χ0) is 10.6. The summed E-state index contributed by atoms with van der Waals surface area (Å²) >= 11 is 0. The highest BCUT2D eigenvalue weighted by molar-refractivity contribution is 5.71. The molecule has 0 spiro atoms. The summed E-state index contributed by atoms with van der Waals surface area (Å²) in [5.74, 6) is -0.821. The third-order valence-corrected chi connectivity index (χ3v) is 1.42. The van der Waals surface area contributed by atoms with Crippen molar-refractivity contribution in [2.75, 3.05) is 6.61 Å². The first-order chi connectivity index (χ1) is 6.63. The topological polar surface area (TPSA) is 98.1 Å². The second-order valence-corrected chi connectivity index (χ2v) is 2.45. The van der Waals surface area contributed by atoms with Gasteiger partial charge < -0.3 is 14.9 Å². The van der Waals surface area contributed by atoms with Gasteiger partial charge in [-0.3, -0.25) is 4.79 Å². The summed E-state index contributed by atoms with van der Waals surface area (Å²) in [5.41, 5.74) is 0.301. The number of ether oxygens (including phenoxy) is 1. The molecule has 0 radical (unpaired) electrons. The monoisotopic (exact) mass is 199 g/mol. The van der Waals surface area contributed by atoms with Crippen molar-refractivity contribution in [2.24, 2.45) is 0 Å². The van der Waals surface area contributed by atoms with E-state index in [1.54, 1.807) is 6.92 Å². The largest absolute Gasteiger partial charge is 0.466 e. The van der Waals surface area contributed by atoms with E-state index in [1.165, 1.54) is 6.20 Å². The Balaban J connectivity index is 2.59. The minimum Gasteiger partial charge on any atom is -0.466 e. The maximum absolute atomic E-state index is 10.9. The molecule has 76 valence electrons. The van der Waals surface area contributed by atoms with E-state index in [4.69, 9.17) is 0 Å². The zero-order valence-corrected chi connectivity index (χ0v) is 7.52. The van der Waals surface area contributed by atoms with Crippen LogP contribution in [0.5, 0.6) is 0 Å². The number of aromatic nitrogens is 2. The Kier molecular flexibility index (Phi) is 3.16. The smallest absolute Gasteiger partial charge is 0.432 e. The van der Waals surface area contributed by atoms with Gasteiger partial charge in [0.2, 0.25) is 0 Å². The minimum atomic E-state index is -0.658. The number of carbonyl (C=O) groups is 1. The van der Waals surface area contributed by atoms with E-state index in [0.29, 0.717) is 5.69 Å². The van der Waals surface area contributed by atoms with Crippen LogP contribution in [0.15, 0.2) is 6.20 Å². The molecule has 1 N–H and O–H groups in total. The fourth-order valence-corrected chi connectivity index (χ4v) is 0.892. The van der Waals surface area contributed by atoms with E-state index in [0.717, 1.165) is 0 Å². The maximum Gasteiger partial charge on any atom is 0.432 e. The molecule has 0 bridgehead atoms. The Labute approximate surface area is 79.2 Å². The number of nitrogens with one attached hydrogen (secondary N) is 1. The van der Waals surface area contributed by atoms with Gasteiger partial charge >= 0.3 is 11.9 Å². The number of rotatable bonds is 4. The molecule has 1 aromatic rings. The van der Waals surface area contributed by atoms with Gasteiger partial charge in [0, 0.05) is 0 Å². The van der Waals surface area contributed by atoms with Crippen LogP contribution < -0.4 is 0 Å². The van der Waals surface area contributed by atoms with Gasteiger partial charge in [-0.15, -0.1) is 0 Å². The summed E-state index contributed by atoms with van der Waals surface area (Å²) in [6, 6.07) is 0. The highest BCUT2D eigenvalue weighted by Gasteiger charge is 2.15. The molecule has 0 fully saturated rings. The van der Waals surface area contributed by atoms with Gasteiger partial charge in [0.1, 0.15) is 12.6 Å². The van der Waals surface area contributed by atoms with Crippen LogP contribution in [0.2, 0.25) is 0 Å². The molecule has 0 atom stereocenters. The van der Waals surface area contributed by atoms with Crippen LogP contribution >= 0.6 is 0 Å². The van der Waals surface area contributed by atoms with E-state index in [-0.39, 0.29) is 19.0 Å². The van der Waals surface area contributed by atoms with Crippen LogP contribution in [0.1, 0.15) is 12.6 Å². The lowest BCUT2D eigenvalue weighted by atomic mass is 10.3. The molecule has 0 saturated heterocycles. The molecule has 14 heavy (non-hydrogen) atoms. The first-order valence-corrected chi connectivity index (χ1v) is 3.97. The summed E-state index contributed by atoms with van der Waals surface area (Å²) in [6.45, 7) is 1.97. The average Bonchev–Trinajstić information content (AvgIpc) is 2.53. The lowest BCUT2D eigenvalue weighted by Crippen LogP contribution is -2.07. The summed E-state index contributed by atoms with van der Waals surface area (Å²) < 4.78 is 4.65. The summed E-state index contributed by atoms with van der Waals surface area (Å²) in [5, 5.41) is 10.2. The highest BCUT2D eigenvalue weighted by atomic mass is 16.6. The van der Waals surface area contributed by atoms with Crippen LogP contribution in [0.25, 0.3) is 0 Å². The molecule has 1 rings (SSSR count). The Morgan fingerprint density at radius 3 is 3.00 bits per heavy atom. The van der Waals surface area contributed by atoms with Crippen molar-refractivity contribution in [3.8, 4) is 0 Å². The average molecular weight is 199 g/mol. The molecular formula is C7H9N3O4. The van der Waals surface area contributed by atoms with Crippen molar-refractivity contribution in [3.63, 3.8) is 0 Å². The number of hydrogen-bond donors (Lipinski definition) is 1. The zero-order valence-electron chi connectivity index (χ0n) is 7.52. The van der Waals surface area contributed by atoms with Crippen molar-refractivity contribution in [1.82, 2.24) is 9.97 Å². The third kappa shape index (κ3) is 2.54. The van der Waals surface area contributed by atoms with Crippen LogP contribution in [-0.4, -0.2) is 27.5 Å². The van der Waals surface area contributed by atoms with Gasteiger partial charge in [0.15, 0.2) is 5.69 Å². The Bertz CT molecular complexity index is 346. The molecule has 7 heteroatoms. The lowest BCUT2D eigenvalue weighted by Gasteiger charge is -1.95. The highest BCUT2D eigenvalue weighted by Crippen LogP contribution is 2.05. The molecular weight excluding hydrogens is 190 g/mol. The van der Waals surface area contributed by atoms with Gasteiger partial charge in [-0.25, -0.2) is 4.98 Å². The summed E-state index contributed by atoms with van der Waals surface area (Å²) in [7, 11) is 0. The predicted octanol–water partition coefficient (Wildman–Crippen LogP) is 0.424. The number of H-pyrrole nitrogens is 1. The SMILES string of the molecule is CCOC(=O)Cc1c[nH]c([N+](=O)[O-])n1. The van der Waals surface area contributed by atoms with Gasteiger partial charge in [-0.2, -0.15) is 0 Å². The number of carbonyl (C=O) groups excluding carboxylic acids is 1. The molecule has 0 aromatic carbocycles. The molecule has 1 heterocycles. The van der Waals surface area contributed by atoms with Crippen molar-refractivity contribution >= 4 is 11.9 Å². The van der Waals surface area contributed by atoms with E-state index >= 15 is 0 Å². The normalized spacial score (nSPS) is 9.79. The Morgan fingerprint density at radius 2 is 2.50 bits per heavy atom. The van der Waals surface area contributed by atoms with Crippen LogP contribution in [0.3, 0.4) is 0 Å². The summed E-state index contributed by atoms with van der Waals surface area (Å²) in [6.07, 6.45) is 1.26. The fourth-order valence-electron chi connectivity index (χ4n) is 0.892. The molecule has 7 nitrogen and oxygen atoms in total. The lowest BCUT2D eigenvalue weighted by molar-refractivity contribution is -0.393. The quantitative estimate of drug-likeness (QED) is 0.430. The maximum atomic E-state index is 10.9. The predicted molar refractivity (Wildman–Crippen MR) is 45.6 cm³/mol. The first-order valence-electron chi connectivity index (χ1n) is 3.97. The number of nitrogens with zero attached hydrogens (tertiary/aromatic N) is 2. The third-order valence-electron chi connectivity index (χ3n) is 1.42.